The van der Waals surface area contributed by atoms with Gasteiger partial charge in [-0.1, -0.05) is 11.6 Å². The molecule has 3 aromatic heterocycles. The molecule has 0 aromatic carbocycles. The molecule has 3 aromatic rings. The first-order valence-corrected chi connectivity index (χ1v) is 12.1. The number of rotatable bonds is 6. The lowest BCUT2D eigenvalue weighted by molar-refractivity contribution is -0.122. The third kappa shape index (κ3) is 4.37. The molecule has 1 aliphatic heterocycles. The van der Waals surface area contributed by atoms with Crippen LogP contribution in [0, 0.1) is 23.8 Å². The summed E-state index contributed by atoms with van der Waals surface area (Å²) in [5, 5.41) is 24.3. The Balaban J connectivity index is 1.46. The third-order valence-corrected chi connectivity index (χ3v) is 7.05. The molecule has 12 heteroatoms. The average Bonchev–Trinajstić information content (AvgIpc) is 2.88. The van der Waals surface area contributed by atoms with Gasteiger partial charge in [-0.05, 0) is 32.3 Å². The van der Waals surface area contributed by atoms with Crippen LogP contribution in [0.15, 0.2) is 59.4 Å². The molecule has 2 aliphatic rings. The summed E-state index contributed by atoms with van der Waals surface area (Å²) in [5.74, 6) is -2.63. The standard InChI is InChI=1S/C26H22ClF2N5O4/c1-14-11-31-19(18-4-7-30-25(33-18)26(36)5-3-6-26)10-21(14)34(37)15(2)8-22(23(27)24(34)35)38-13-20-17(29)9-16(28)12-32-20/h4,7-12,36H,3,5-6,13H2,1-2H3. The highest BCUT2D eigenvalue weighted by Gasteiger charge is 2.42. The number of quaternary nitrogens is 1. The van der Waals surface area contributed by atoms with E-state index in [-0.39, 0.29) is 28.7 Å². The molecule has 1 amide bonds. The molecule has 0 radical (unpaired) electrons. The van der Waals surface area contributed by atoms with Crippen LogP contribution in [0.2, 0.25) is 0 Å². The van der Waals surface area contributed by atoms with Gasteiger partial charge in [0, 0.05) is 43.1 Å². The fourth-order valence-electron chi connectivity index (χ4n) is 4.30. The van der Waals surface area contributed by atoms with E-state index in [1.807, 2.05) is 0 Å². The van der Waals surface area contributed by atoms with Crippen LogP contribution in [0.1, 0.15) is 43.3 Å². The molecule has 0 saturated heterocycles. The molecule has 1 aliphatic carbocycles. The number of nitrogens with zero attached hydrogens (tertiary/aromatic N) is 5. The van der Waals surface area contributed by atoms with E-state index in [0.717, 1.165) is 12.6 Å². The van der Waals surface area contributed by atoms with Crippen molar-refractivity contribution in [1.29, 1.82) is 0 Å². The van der Waals surface area contributed by atoms with Crippen molar-refractivity contribution in [2.45, 2.75) is 45.3 Å². The molecule has 1 N–H and O–H groups in total. The van der Waals surface area contributed by atoms with Gasteiger partial charge < -0.3 is 15.1 Å². The number of carbonyl (C=O) groups excluding carboxylic acids is 1. The number of aryl methyl sites for hydroxylation is 1. The number of halogens is 3. The fraction of sp³-hybridized carbons (Fsp3) is 0.269. The highest BCUT2D eigenvalue weighted by Crippen LogP contribution is 2.41. The predicted molar refractivity (Wildman–Crippen MR) is 133 cm³/mol. The van der Waals surface area contributed by atoms with Crippen LogP contribution < -0.4 is 4.65 Å². The van der Waals surface area contributed by atoms with Gasteiger partial charge in [-0.3, -0.25) is 9.97 Å². The highest BCUT2D eigenvalue weighted by atomic mass is 35.5. The van der Waals surface area contributed by atoms with Crippen LogP contribution in [-0.2, 0) is 21.7 Å². The summed E-state index contributed by atoms with van der Waals surface area (Å²) in [4.78, 5) is 30.0. The fourth-order valence-corrected chi connectivity index (χ4v) is 4.53. The van der Waals surface area contributed by atoms with E-state index in [2.05, 4.69) is 19.9 Å². The maximum absolute atomic E-state index is 14.1. The van der Waals surface area contributed by atoms with E-state index in [9.17, 15) is 23.9 Å². The van der Waals surface area contributed by atoms with Gasteiger partial charge in [-0.2, -0.15) is 0 Å². The molecule has 1 unspecified atom stereocenters. The molecular formula is C26H22ClF2N5O4. The number of aromatic nitrogens is 4. The second-order valence-corrected chi connectivity index (χ2v) is 9.63. The van der Waals surface area contributed by atoms with Gasteiger partial charge in [0.2, 0.25) is 0 Å². The van der Waals surface area contributed by atoms with Crippen LogP contribution in [-0.4, -0.2) is 30.9 Å². The molecule has 0 bridgehead atoms. The van der Waals surface area contributed by atoms with Crippen LogP contribution >= 0.6 is 11.6 Å². The zero-order valence-corrected chi connectivity index (χ0v) is 21.2. The van der Waals surface area contributed by atoms with Crippen LogP contribution in [0.4, 0.5) is 14.5 Å². The first-order chi connectivity index (χ1) is 18.0. The Morgan fingerprint density at radius 3 is 2.61 bits per heavy atom. The Morgan fingerprint density at radius 2 is 1.92 bits per heavy atom. The Bertz CT molecular complexity index is 1520. The monoisotopic (exact) mass is 541 g/mol. The topological polar surface area (TPSA) is 121 Å². The number of hydroxylamine groups is 2. The van der Waals surface area contributed by atoms with Crippen molar-refractivity contribution in [3.05, 3.63) is 93.3 Å². The lowest BCUT2D eigenvalue weighted by atomic mass is 9.79. The molecule has 4 heterocycles. The van der Waals surface area contributed by atoms with E-state index < -0.39 is 39.4 Å². The minimum absolute atomic E-state index is 0.0364. The normalized spacial score (nSPS) is 20.7. The number of hydrogen-bond donors (Lipinski definition) is 1. The average molecular weight is 542 g/mol. The number of allylic oxidation sites excluding steroid dienone is 2. The zero-order valence-electron chi connectivity index (χ0n) is 20.4. The smallest absolute Gasteiger partial charge is 0.370 e. The van der Waals surface area contributed by atoms with E-state index >= 15 is 0 Å². The summed E-state index contributed by atoms with van der Waals surface area (Å²) in [6.45, 7) is 2.65. The number of amides is 1. The molecule has 38 heavy (non-hydrogen) atoms. The van der Waals surface area contributed by atoms with Crippen molar-refractivity contribution in [1.82, 2.24) is 24.6 Å². The van der Waals surface area contributed by atoms with Crippen LogP contribution in [0.3, 0.4) is 0 Å². The molecule has 1 atom stereocenters. The molecule has 1 fully saturated rings. The van der Waals surface area contributed by atoms with Crippen LogP contribution in [0.25, 0.3) is 11.4 Å². The second kappa shape index (κ2) is 9.59. The number of aliphatic hydroxyl groups is 1. The number of hydrogen-bond acceptors (Lipinski definition) is 8. The molecule has 0 spiro atoms. The van der Waals surface area contributed by atoms with E-state index in [1.54, 1.807) is 13.0 Å². The minimum atomic E-state index is -1.53. The first kappa shape index (κ1) is 26.0. The van der Waals surface area contributed by atoms with Gasteiger partial charge in [0.15, 0.2) is 28.1 Å². The Labute approximate surface area is 221 Å². The van der Waals surface area contributed by atoms with Gasteiger partial charge in [-0.25, -0.2) is 28.2 Å². The molecule has 9 nitrogen and oxygen atoms in total. The summed E-state index contributed by atoms with van der Waals surface area (Å²) in [7, 11) is 0. The van der Waals surface area contributed by atoms with Gasteiger partial charge >= 0.3 is 5.91 Å². The number of ether oxygens (including phenoxy) is 1. The van der Waals surface area contributed by atoms with Crippen molar-refractivity contribution in [3.63, 3.8) is 0 Å². The lowest BCUT2D eigenvalue weighted by Crippen LogP contribution is -2.49. The van der Waals surface area contributed by atoms with Gasteiger partial charge in [0.05, 0.1) is 17.6 Å². The van der Waals surface area contributed by atoms with Gasteiger partial charge in [0.25, 0.3) is 0 Å². The Kier molecular flexibility index (Phi) is 6.56. The summed E-state index contributed by atoms with van der Waals surface area (Å²) < 4.78 is 31.0. The maximum atomic E-state index is 14.1. The molecule has 1 saturated carbocycles. The van der Waals surface area contributed by atoms with Crippen molar-refractivity contribution in [2.24, 2.45) is 0 Å². The van der Waals surface area contributed by atoms with E-state index in [1.165, 1.54) is 31.5 Å². The van der Waals surface area contributed by atoms with Crippen molar-refractivity contribution >= 4 is 23.2 Å². The van der Waals surface area contributed by atoms with Crippen molar-refractivity contribution in [3.8, 4) is 11.4 Å². The minimum Gasteiger partial charge on any atom is -0.614 e. The quantitative estimate of drug-likeness (QED) is 0.348. The summed E-state index contributed by atoms with van der Waals surface area (Å²) in [6.07, 6.45) is 7.08. The molecule has 5 rings (SSSR count). The second-order valence-electron chi connectivity index (χ2n) is 9.26. The number of pyridine rings is 2. The SMILES string of the molecule is CC1=CC(OCc2ncc(F)cc2F)=C(Cl)C(=O)[N+]1([O-])c1cc(-c2ccnc(C3(O)CCC3)n2)ncc1C. The third-order valence-electron chi connectivity index (χ3n) is 6.70. The summed E-state index contributed by atoms with van der Waals surface area (Å²) in [5.41, 5.74) is -0.0446. The van der Waals surface area contributed by atoms with Crippen LogP contribution in [0.5, 0.6) is 0 Å². The number of carbonyl (C=O) groups is 1. The first-order valence-electron chi connectivity index (χ1n) is 11.7. The summed E-state index contributed by atoms with van der Waals surface area (Å²) >= 11 is 6.27. The molecule has 196 valence electrons. The van der Waals surface area contributed by atoms with Crippen molar-refractivity contribution < 1.29 is 23.4 Å². The lowest BCUT2D eigenvalue weighted by Gasteiger charge is -2.41. The van der Waals surface area contributed by atoms with E-state index in [4.69, 9.17) is 16.3 Å². The Morgan fingerprint density at radius 1 is 1.16 bits per heavy atom. The summed E-state index contributed by atoms with van der Waals surface area (Å²) in [6, 6.07) is 3.72. The molecular weight excluding hydrogens is 520 g/mol. The van der Waals surface area contributed by atoms with Gasteiger partial charge in [-0.15, -0.1) is 0 Å². The van der Waals surface area contributed by atoms with Gasteiger partial charge in [0.1, 0.15) is 29.4 Å². The largest absolute Gasteiger partial charge is 0.614 e. The highest BCUT2D eigenvalue weighted by molar-refractivity contribution is 6.44. The van der Waals surface area contributed by atoms with E-state index in [0.29, 0.717) is 35.9 Å². The van der Waals surface area contributed by atoms with Crippen molar-refractivity contribution in [2.75, 3.05) is 0 Å². The zero-order chi connectivity index (χ0) is 27.2. The maximum Gasteiger partial charge on any atom is 0.370 e. The Hall–Kier alpha value is -3.64. The predicted octanol–water partition coefficient (Wildman–Crippen LogP) is 4.81.